The van der Waals surface area contributed by atoms with E-state index in [4.69, 9.17) is 10.9 Å². The number of nitrogens with zero attached hydrogens (tertiary/aromatic N) is 2. The Morgan fingerprint density at radius 2 is 2.40 bits per heavy atom. The molecule has 2 rings (SSSR count). The number of hydrogen-bond donors (Lipinski definition) is 4. The van der Waals surface area contributed by atoms with Crippen molar-refractivity contribution in [1.82, 2.24) is 15.6 Å². The largest absolute Gasteiger partial charge is 0.409 e. The third-order valence-electron chi connectivity index (χ3n) is 3.02. The number of carbonyl (C=O) groups is 2. The maximum Gasteiger partial charge on any atom is 0.243 e. The van der Waals surface area contributed by atoms with Crippen molar-refractivity contribution < 1.29 is 14.8 Å². The summed E-state index contributed by atoms with van der Waals surface area (Å²) in [6.45, 7) is 0.325. The van der Waals surface area contributed by atoms with Gasteiger partial charge in [0.2, 0.25) is 11.8 Å². The number of pyridine rings is 1. The van der Waals surface area contributed by atoms with Crippen LogP contribution in [0.1, 0.15) is 24.1 Å². The van der Waals surface area contributed by atoms with Gasteiger partial charge in [0.1, 0.15) is 5.69 Å². The smallest absolute Gasteiger partial charge is 0.243 e. The number of hydrogen-bond acceptors (Lipinski definition) is 6. The van der Waals surface area contributed by atoms with E-state index >= 15 is 0 Å². The Morgan fingerprint density at radius 1 is 1.60 bits per heavy atom. The van der Waals surface area contributed by atoms with Gasteiger partial charge in [-0.2, -0.15) is 0 Å². The number of nitrogens with two attached hydrogens (primary N) is 1. The molecule has 0 bridgehead atoms. The molecule has 1 atom stereocenters. The van der Waals surface area contributed by atoms with E-state index in [1.165, 1.54) is 6.20 Å². The summed E-state index contributed by atoms with van der Waals surface area (Å²) in [4.78, 5) is 26.7. The number of carbonyl (C=O) groups excluding carboxylic acids is 2. The molecule has 1 aromatic rings. The van der Waals surface area contributed by atoms with Gasteiger partial charge in [0, 0.05) is 19.2 Å². The number of imide groups is 1. The van der Waals surface area contributed by atoms with E-state index in [-0.39, 0.29) is 17.6 Å². The van der Waals surface area contributed by atoms with Crippen LogP contribution in [0.2, 0.25) is 0 Å². The van der Waals surface area contributed by atoms with Gasteiger partial charge < -0.3 is 16.3 Å². The topological polar surface area (TPSA) is 130 Å². The molecular formula is C12H15N5O3. The van der Waals surface area contributed by atoms with Gasteiger partial charge in [0.05, 0.1) is 6.04 Å². The standard InChI is InChI=1S/C12H15N5O3/c13-11(17-20)10-7(2-1-5-14-10)6-15-8-3-4-9(18)16-12(8)19/h1-2,5,8,15,20H,3-4,6H2,(H2,13,17)(H,16,18,19). The number of aromatic nitrogens is 1. The molecular weight excluding hydrogens is 262 g/mol. The first-order valence-corrected chi connectivity index (χ1v) is 6.10. The third kappa shape index (κ3) is 3.09. The van der Waals surface area contributed by atoms with E-state index in [1.54, 1.807) is 12.1 Å². The normalized spacial score (nSPS) is 19.8. The Labute approximate surface area is 115 Å². The van der Waals surface area contributed by atoms with E-state index in [0.29, 0.717) is 30.6 Å². The highest BCUT2D eigenvalue weighted by Gasteiger charge is 2.26. The Balaban J connectivity index is 2.04. The zero-order chi connectivity index (χ0) is 14.5. The van der Waals surface area contributed by atoms with Gasteiger partial charge in [0.15, 0.2) is 5.84 Å². The number of amidine groups is 1. The van der Waals surface area contributed by atoms with E-state index in [1.807, 2.05) is 0 Å². The molecule has 1 aliphatic heterocycles. The second-order valence-electron chi connectivity index (χ2n) is 4.38. The van der Waals surface area contributed by atoms with Crippen molar-refractivity contribution in [2.45, 2.75) is 25.4 Å². The summed E-state index contributed by atoms with van der Waals surface area (Å²) >= 11 is 0. The molecule has 0 radical (unpaired) electrons. The van der Waals surface area contributed by atoms with Gasteiger partial charge >= 0.3 is 0 Å². The van der Waals surface area contributed by atoms with Crippen molar-refractivity contribution in [1.29, 1.82) is 0 Å². The van der Waals surface area contributed by atoms with Crippen molar-refractivity contribution in [3.05, 3.63) is 29.6 Å². The fraction of sp³-hybridized carbons (Fsp3) is 0.333. The second kappa shape index (κ2) is 6.11. The summed E-state index contributed by atoms with van der Waals surface area (Å²) in [5, 5.41) is 16.9. The summed E-state index contributed by atoms with van der Waals surface area (Å²) in [5.41, 5.74) is 6.59. The first-order valence-electron chi connectivity index (χ1n) is 6.10. The second-order valence-corrected chi connectivity index (χ2v) is 4.38. The lowest BCUT2D eigenvalue weighted by Crippen LogP contribution is -2.50. The molecule has 1 aromatic heterocycles. The number of rotatable bonds is 4. The van der Waals surface area contributed by atoms with Crippen LogP contribution in [0.5, 0.6) is 0 Å². The monoisotopic (exact) mass is 277 g/mol. The van der Waals surface area contributed by atoms with E-state index in [9.17, 15) is 9.59 Å². The van der Waals surface area contributed by atoms with E-state index < -0.39 is 6.04 Å². The Bertz CT molecular complexity index is 558. The molecule has 0 aliphatic carbocycles. The molecule has 2 heterocycles. The average Bonchev–Trinajstić information content (AvgIpc) is 2.46. The molecule has 8 heteroatoms. The maximum atomic E-state index is 11.6. The van der Waals surface area contributed by atoms with Gasteiger partial charge in [0.25, 0.3) is 0 Å². The summed E-state index contributed by atoms with van der Waals surface area (Å²) in [6.07, 6.45) is 2.29. The highest BCUT2D eigenvalue weighted by atomic mass is 16.4. The fourth-order valence-corrected chi connectivity index (χ4v) is 1.98. The quantitative estimate of drug-likeness (QED) is 0.185. The van der Waals surface area contributed by atoms with Gasteiger partial charge in [-0.1, -0.05) is 11.2 Å². The van der Waals surface area contributed by atoms with Crippen LogP contribution in [0.3, 0.4) is 0 Å². The SMILES string of the molecule is NC(=NO)c1ncccc1CNC1CCC(=O)NC1=O. The van der Waals surface area contributed by atoms with Crippen LogP contribution in [0.15, 0.2) is 23.5 Å². The molecule has 1 saturated heterocycles. The Morgan fingerprint density at radius 3 is 3.10 bits per heavy atom. The molecule has 5 N–H and O–H groups in total. The predicted molar refractivity (Wildman–Crippen MR) is 69.8 cm³/mol. The highest BCUT2D eigenvalue weighted by molar-refractivity contribution is 6.00. The molecule has 2 amide bonds. The zero-order valence-electron chi connectivity index (χ0n) is 10.7. The van der Waals surface area contributed by atoms with Crippen molar-refractivity contribution in [2.24, 2.45) is 10.9 Å². The molecule has 106 valence electrons. The van der Waals surface area contributed by atoms with Gasteiger partial charge in [-0.25, -0.2) is 0 Å². The molecule has 0 spiro atoms. The van der Waals surface area contributed by atoms with Crippen LogP contribution in [0.25, 0.3) is 0 Å². The van der Waals surface area contributed by atoms with E-state index in [0.717, 1.165) is 0 Å². The van der Waals surface area contributed by atoms with Crippen LogP contribution < -0.4 is 16.4 Å². The number of nitrogens with one attached hydrogen (secondary N) is 2. The molecule has 1 unspecified atom stereocenters. The van der Waals surface area contributed by atoms with Crippen molar-refractivity contribution in [3.63, 3.8) is 0 Å². The molecule has 0 saturated carbocycles. The van der Waals surface area contributed by atoms with Crippen molar-refractivity contribution in [2.75, 3.05) is 0 Å². The molecule has 1 aliphatic rings. The molecule has 0 aromatic carbocycles. The third-order valence-corrected chi connectivity index (χ3v) is 3.02. The summed E-state index contributed by atoms with van der Waals surface area (Å²) in [5.74, 6) is -0.687. The van der Waals surface area contributed by atoms with Gasteiger partial charge in [-0.3, -0.25) is 19.9 Å². The van der Waals surface area contributed by atoms with Crippen LogP contribution in [0, 0.1) is 0 Å². The Hall–Kier alpha value is -2.48. The summed E-state index contributed by atoms with van der Waals surface area (Å²) in [7, 11) is 0. The minimum absolute atomic E-state index is 0.0920. The van der Waals surface area contributed by atoms with E-state index in [2.05, 4.69) is 20.8 Å². The van der Waals surface area contributed by atoms with Crippen LogP contribution >= 0.6 is 0 Å². The molecule has 8 nitrogen and oxygen atoms in total. The van der Waals surface area contributed by atoms with Gasteiger partial charge in [-0.05, 0) is 18.1 Å². The minimum atomic E-state index is -0.437. The van der Waals surface area contributed by atoms with Crippen LogP contribution in [-0.4, -0.2) is 33.9 Å². The van der Waals surface area contributed by atoms with Crippen molar-refractivity contribution in [3.8, 4) is 0 Å². The van der Waals surface area contributed by atoms with Crippen LogP contribution in [-0.2, 0) is 16.1 Å². The van der Waals surface area contributed by atoms with Crippen molar-refractivity contribution >= 4 is 17.6 Å². The highest BCUT2D eigenvalue weighted by Crippen LogP contribution is 2.08. The molecule has 1 fully saturated rings. The zero-order valence-corrected chi connectivity index (χ0v) is 10.7. The number of piperidine rings is 1. The molecule has 20 heavy (non-hydrogen) atoms. The van der Waals surface area contributed by atoms with Crippen LogP contribution in [0.4, 0.5) is 0 Å². The first-order chi connectivity index (χ1) is 9.61. The maximum absolute atomic E-state index is 11.6. The fourth-order valence-electron chi connectivity index (χ4n) is 1.98. The number of amides is 2. The Kier molecular flexibility index (Phi) is 4.26. The lowest BCUT2D eigenvalue weighted by Gasteiger charge is -2.22. The lowest BCUT2D eigenvalue weighted by atomic mass is 10.1. The summed E-state index contributed by atoms with van der Waals surface area (Å²) in [6, 6.07) is 3.04. The van der Waals surface area contributed by atoms with Gasteiger partial charge in [-0.15, -0.1) is 0 Å². The number of oxime groups is 1. The minimum Gasteiger partial charge on any atom is -0.409 e. The average molecular weight is 277 g/mol. The first kappa shape index (κ1) is 13.9. The predicted octanol–water partition coefficient (Wildman–Crippen LogP) is -0.929. The summed E-state index contributed by atoms with van der Waals surface area (Å²) < 4.78 is 0. The lowest BCUT2D eigenvalue weighted by molar-refractivity contribution is -0.134.